The second-order valence-corrected chi connectivity index (χ2v) is 10.5. The highest BCUT2D eigenvalue weighted by molar-refractivity contribution is 5.79. The largest absolute Gasteiger partial charge is 0.453 e. The lowest BCUT2D eigenvalue weighted by Gasteiger charge is -2.44. The highest BCUT2D eigenvalue weighted by Gasteiger charge is 2.43. The van der Waals surface area contributed by atoms with E-state index in [1.165, 1.54) is 13.2 Å². The number of alkyl carbamates (subject to hydrolysis) is 1. The average Bonchev–Trinajstić information content (AvgIpc) is 3.50. The molecule has 3 unspecified atom stereocenters. The molecule has 38 heavy (non-hydrogen) atoms. The molecule has 4 rings (SSSR count). The number of ether oxygens (including phenoxy) is 1. The van der Waals surface area contributed by atoms with Gasteiger partial charge in [-0.3, -0.25) is 4.79 Å². The first-order valence-electron chi connectivity index (χ1n) is 13.8. The number of carbonyl (C=O) groups is 2. The van der Waals surface area contributed by atoms with E-state index in [0.29, 0.717) is 50.1 Å². The Morgan fingerprint density at radius 2 is 2.05 bits per heavy atom. The van der Waals surface area contributed by atoms with Crippen LogP contribution in [0.15, 0.2) is 42.5 Å². The van der Waals surface area contributed by atoms with Crippen molar-refractivity contribution < 1.29 is 23.8 Å². The van der Waals surface area contributed by atoms with E-state index in [4.69, 9.17) is 0 Å². The third-order valence-corrected chi connectivity index (χ3v) is 8.11. The van der Waals surface area contributed by atoms with Gasteiger partial charge in [0.25, 0.3) is 0 Å². The zero-order valence-corrected chi connectivity index (χ0v) is 22.5. The van der Waals surface area contributed by atoms with E-state index in [2.05, 4.69) is 22.3 Å². The number of benzene rings is 2. The summed E-state index contributed by atoms with van der Waals surface area (Å²) in [5, 5.41) is 18.5. The summed E-state index contributed by atoms with van der Waals surface area (Å²) in [6.45, 7) is 4.98. The zero-order chi connectivity index (χ0) is 27.1. The summed E-state index contributed by atoms with van der Waals surface area (Å²) in [4.78, 5) is 26.8. The first-order chi connectivity index (χ1) is 18.4. The van der Waals surface area contributed by atoms with Crippen molar-refractivity contribution in [1.82, 2.24) is 15.5 Å². The van der Waals surface area contributed by atoms with E-state index < -0.39 is 11.7 Å². The van der Waals surface area contributed by atoms with Crippen LogP contribution in [0.25, 0.3) is 11.1 Å². The van der Waals surface area contributed by atoms with Gasteiger partial charge in [0, 0.05) is 37.7 Å². The molecule has 3 N–H and O–H groups in total. The molecule has 206 valence electrons. The lowest BCUT2D eigenvalue weighted by atomic mass is 9.72. The number of piperidine rings is 1. The highest BCUT2D eigenvalue weighted by Crippen LogP contribution is 2.44. The predicted octanol–water partition coefficient (Wildman–Crippen LogP) is 4.23. The van der Waals surface area contributed by atoms with Crippen LogP contribution in [-0.2, 0) is 21.6 Å². The van der Waals surface area contributed by atoms with Gasteiger partial charge in [-0.2, -0.15) is 0 Å². The van der Waals surface area contributed by atoms with Crippen molar-refractivity contribution in [2.75, 3.05) is 39.8 Å². The molecule has 0 aromatic heterocycles. The van der Waals surface area contributed by atoms with Crippen LogP contribution in [0.2, 0.25) is 0 Å². The number of amides is 2. The summed E-state index contributed by atoms with van der Waals surface area (Å²) < 4.78 is 20.2. The topological polar surface area (TPSA) is 90.9 Å². The Morgan fingerprint density at radius 3 is 2.79 bits per heavy atom. The summed E-state index contributed by atoms with van der Waals surface area (Å²) in [6, 6.07) is 12.7. The Kier molecular flexibility index (Phi) is 9.39. The molecule has 2 aromatic carbocycles. The normalized spacial score (nSPS) is 21.1. The standard InChI is InChI=1S/C30H40FN3O4/c1-3-21-8-4-9-22(18-21)27-25(11-5-12-26(27)31)30(37,14-7-15-33-29(36)38-2)24-10-6-17-34(20-24)28(35)23-13-16-32-19-23/h4-5,8-9,11-12,18,23-24,32,37H,3,6-7,10,13-17,19-20H2,1-2H3,(H,33,36). The lowest BCUT2D eigenvalue weighted by Crippen LogP contribution is -2.50. The molecule has 2 fully saturated rings. The molecule has 0 aliphatic carbocycles. The number of nitrogens with one attached hydrogen (secondary N) is 2. The Bertz CT molecular complexity index is 1120. The summed E-state index contributed by atoms with van der Waals surface area (Å²) in [6.07, 6.45) is 3.37. The molecule has 0 radical (unpaired) electrons. The van der Waals surface area contributed by atoms with Gasteiger partial charge in [0.1, 0.15) is 5.82 Å². The van der Waals surface area contributed by atoms with E-state index >= 15 is 4.39 Å². The number of hydrogen-bond donors (Lipinski definition) is 3. The summed E-state index contributed by atoms with van der Waals surface area (Å²) >= 11 is 0. The van der Waals surface area contributed by atoms with Gasteiger partial charge >= 0.3 is 6.09 Å². The third-order valence-electron chi connectivity index (χ3n) is 8.11. The van der Waals surface area contributed by atoms with Crippen molar-refractivity contribution in [1.29, 1.82) is 0 Å². The van der Waals surface area contributed by atoms with Crippen LogP contribution in [0.5, 0.6) is 0 Å². The summed E-state index contributed by atoms with van der Waals surface area (Å²) in [5.74, 6) is -0.567. The van der Waals surface area contributed by atoms with Crippen molar-refractivity contribution in [2.24, 2.45) is 11.8 Å². The van der Waals surface area contributed by atoms with Gasteiger partial charge in [0.15, 0.2) is 0 Å². The van der Waals surface area contributed by atoms with Crippen molar-refractivity contribution in [3.8, 4) is 11.1 Å². The first-order valence-corrected chi connectivity index (χ1v) is 13.8. The summed E-state index contributed by atoms with van der Waals surface area (Å²) in [5.41, 5.74) is 1.34. The molecular weight excluding hydrogens is 485 g/mol. The number of nitrogens with zero attached hydrogens (tertiary/aromatic N) is 1. The van der Waals surface area contributed by atoms with Crippen LogP contribution >= 0.6 is 0 Å². The number of aliphatic hydroxyl groups is 1. The van der Waals surface area contributed by atoms with Crippen LogP contribution in [0.1, 0.15) is 50.2 Å². The Morgan fingerprint density at radius 1 is 1.24 bits per heavy atom. The van der Waals surface area contributed by atoms with E-state index in [9.17, 15) is 14.7 Å². The fourth-order valence-corrected chi connectivity index (χ4v) is 6.00. The van der Waals surface area contributed by atoms with Crippen molar-refractivity contribution >= 4 is 12.0 Å². The monoisotopic (exact) mass is 525 g/mol. The molecule has 2 aliphatic rings. The van der Waals surface area contributed by atoms with Crippen LogP contribution in [0.3, 0.4) is 0 Å². The first kappa shape index (κ1) is 28.0. The molecule has 2 aromatic rings. The maximum atomic E-state index is 15.6. The molecule has 2 aliphatic heterocycles. The molecule has 2 amide bonds. The Hall–Kier alpha value is -2.97. The average molecular weight is 526 g/mol. The molecule has 0 saturated carbocycles. The molecule has 0 spiro atoms. The predicted molar refractivity (Wildman–Crippen MR) is 145 cm³/mol. The van der Waals surface area contributed by atoms with Crippen LogP contribution in [0, 0.1) is 17.7 Å². The van der Waals surface area contributed by atoms with Crippen LogP contribution < -0.4 is 10.6 Å². The van der Waals surface area contributed by atoms with Crippen molar-refractivity contribution in [3.05, 3.63) is 59.4 Å². The number of aryl methyl sites for hydroxylation is 1. The molecule has 2 heterocycles. The fourth-order valence-electron chi connectivity index (χ4n) is 6.00. The number of methoxy groups -OCH3 is 1. The molecule has 8 heteroatoms. The maximum absolute atomic E-state index is 15.6. The van der Waals surface area contributed by atoms with Crippen molar-refractivity contribution in [3.63, 3.8) is 0 Å². The van der Waals surface area contributed by atoms with Gasteiger partial charge in [0.05, 0.1) is 18.6 Å². The molecular formula is C30H40FN3O4. The van der Waals surface area contributed by atoms with Gasteiger partial charge in [-0.15, -0.1) is 0 Å². The number of rotatable bonds is 9. The smallest absolute Gasteiger partial charge is 0.406 e. The SMILES string of the molecule is CCc1cccc(-c2c(F)cccc2C(O)(CCCNC(=O)OC)C2CCCN(C(=O)C3CCNC3)C2)c1. The minimum absolute atomic E-state index is 0.0346. The Balaban J connectivity index is 1.69. The van der Waals surface area contributed by atoms with Gasteiger partial charge in [-0.05, 0) is 67.8 Å². The van der Waals surface area contributed by atoms with E-state index in [1.807, 2.05) is 35.2 Å². The van der Waals surface area contributed by atoms with Crippen LogP contribution in [-0.4, -0.2) is 61.8 Å². The number of likely N-dealkylation sites (tertiary alicyclic amines) is 1. The van der Waals surface area contributed by atoms with Crippen molar-refractivity contribution in [2.45, 2.75) is 51.0 Å². The molecule has 0 bridgehead atoms. The number of carbonyl (C=O) groups excluding carboxylic acids is 2. The fraction of sp³-hybridized carbons (Fsp3) is 0.533. The molecule has 7 nitrogen and oxygen atoms in total. The van der Waals surface area contributed by atoms with E-state index in [-0.39, 0.29) is 23.6 Å². The van der Waals surface area contributed by atoms with E-state index in [1.54, 1.807) is 6.07 Å². The molecule has 2 saturated heterocycles. The Labute approximate surface area is 224 Å². The molecule has 3 atom stereocenters. The zero-order valence-electron chi connectivity index (χ0n) is 22.5. The maximum Gasteiger partial charge on any atom is 0.406 e. The van der Waals surface area contributed by atoms with Crippen LogP contribution in [0.4, 0.5) is 9.18 Å². The van der Waals surface area contributed by atoms with Gasteiger partial charge in [-0.25, -0.2) is 9.18 Å². The third kappa shape index (κ3) is 6.18. The number of halogens is 1. The minimum Gasteiger partial charge on any atom is -0.453 e. The summed E-state index contributed by atoms with van der Waals surface area (Å²) in [7, 11) is 1.31. The van der Waals surface area contributed by atoms with E-state index in [0.717, 1.165) is 43.4 Å². The second kappa shape index (κ2) is 12.7. The van der Waals surface area contributed by atoms with Gasteiger partial charge < -0.3 is 25.4 Å². The minimum atomic E-state index is -1.40. The number of hydrogen-bond acceptors (Lipinski definition) is 5. The quantitative estimate of drug-likeness (QED) is 0.427. The van der Waals surface area contributed by atoms with Gasteiger partial charge in [0.2, 0.25) is 5.91 Å². The highest BCUT2D eigenvalue weighted by atomic mass is 19.1. The van der Waals surface area contributed by atoms with Gasteiger partial charge in [-0.1, -0.05) is 43.3 Å². The second-order valence-electron chi connectivity index (χ2n) is 10.5. The lowest BCUT2D eigenvalue weighted by molar-refractivity contribution is -0.140.